The van der Waals surface area contributed by atoms with Crippen LogP contribution in [0.2, 0.25) is 0 Å². The maximum atomic E-state index is 11.0. The van der Waals surface area contributed by atoms with E-state index in [1.54, 1.807) is 19.1 Å². The molecule has 0 aliphatic carbocycles. The maximum Gasteiger partial charge on any atom is 0.218 e. The molecule has 0 aliphatic heterocycles. The number of aryl methyl sites for hydroxylation is 1. The normalized spacial score (nSPS) is 11.8. The molecule has 0 radical (unpaired) electrons. The van der Waals surface area contributed by atoms with Crippen LogP contribution in [0.1, 0.15) is 11.5 Å². The average Bonchev–Trinajstić information content (AvgIpc) is 2.35. The van der Waals surface area contributed by atoms with Crippen molar-refractivity contribution in [1.29, 1.82) is 0 Å². The second-order valence-corrected chi connectivity index (χ2v) is 4.40. The summed E-state index contributed by atoms with van der Waals surface area (Å²) in [7, 11) is -1.82. The Balaban J connectivity index is 2.77. The summed E-state index contributed by atoms with van der Waals surface area (Å²) in [4.78, 5) is 0. The molecule has 4 nitrogen and oxygen atoms in total. The molecule has 1 aromatic rings. The molecule has 0 saturated heterocycles. The molecule has 1 heterocycles. The van der Waals surface area contributed by atoms with Crippen LogP contribution in [0.3, 0.4) is 0 Å². The van der Waals surface area contributed by atoms with Crippen molar-refractivity contribution in [1.82, 2.24) is 4.72 Å². The van der Waals surface area contributed by atoms with Gasteiger partial charge in [0.1, 0.15) is 17.3 Å². The zero-order chi connectivity index (χ0) is 9.19. The van der Waals surface area contributed by atoms with Gasteiger partial charge in [-0.25, -0.2) is 13.1 Å². The fourth-order valence-corrected chi connectivity index (χ4v) is 1.50. The molecule has 0 saturated carbocycles. The third-order valence-corrected chi connectivity index (χ3v) is 2.73. The number of hydrogen-bond acceptors (Lipinski definition) is 3. The van der Waals surface area contributed by atoms with Crippen molar-refractivity contribution in [3.8, 4) is 0 Å². The van der Waals surface area contributed by atoms with Gasteiger partial charge in [0.25, 0.3) is 0 Å². The molecule has 0 atom stereocenters. The minimum absolute atomic E-state index is 0.0999. The smallest absolute Gasteiger partial charge is 0.218 e. The quantitative estimate of drug-likeness (QED) is 0.759. The third kappa shape index (κ3) is 2.35. The monoisotopic (exact) mass is 189 g/mol. The van der Waals surface area contributed by atoms with E-state index in [0.717, 1.165) is 5.76 Å². The molecular weight excluding hydrogens is 178 g/mol. The van der Waals surface area contributed by atoms with Gasteiger partial charge in [0.05, 0.1) is 0 Å². The van der Waals surface area contributed by atoms with Crippen molar-refractivity contribution in [2.75, 3.05) is 7.05 Å². The van der Waals surface area contributed by atoms with Gasteiger partial charge in [0.2, 0.25) is 10.0 Å². The van der Waals surface area contributed by atoms with Crippen LogP contribution in [0.25, 0.3) is 0 Å². The molecule has 0 fully saturated rings. The van der Waals surface area contributed by atoms with E-state index in [1.165, 1.54) is 7.05 Å². The Bertz CT molecular complexity index is 352. The largest absolute Gasteiger partial charge is 0.465 e. The lowest BCUT2D eigenvalue weighted by Crippen LogP contribution is -2.20. The van der Waals surface area contributed by atoms with E-state index in [0.29, 0.717) is 5.76 Å². The summed E-state index contributed by atoms with van der Waals surface area (Å²) in [6.07, 6.45) is 0. The Morgan fingerprint density at radius 3 is 2.58 bits per heavy atom. The van der Waals surface area contributed by atoms with E-state index in [9.17, 15) is 8.42 Å². The summed E-state index contributed by atoms with van der Waals surface area (Å²) in [5, 5.41) is 0. The van der Waals surface area contributed by atoms with Crippen molar-refractivity contribution < 1.29 is 12.8 Å². The standard InChI is InChI=1S/C7H11NO3S/c1-6-3-4-7(11-6)5-12(9,10)8-2/h3-4,8H,5H2,1-2H3. The molecule has 1 aromatic heterocycles. The molecule has 0 amide bonds. The number of sulfonamides is 1. The van der Waals surface area contributed by atoms with E-state index < -0.39 is 10.0 Å². The highest BCUT2D eigenvalue weighted by Crippen LogP contribution is 2.08. The molecule has 0 bridgehead atoms. The predicted octanol–water partition coefficient (Wildman–Crippen LogP) is 0.637. The first-order valence-electron chi connectivity index (χ1n) is 3.50. The maximum absolute atomic E-state index is 11.0. The first kappa shape index (κ1) is 9.28. The van der Waals surface area contributed by atoms with Gasteiger partial charge >= 0.3 is 0 Å². The molecule has 1 N–H and O–H groups in total. The summed E-state index contributed by atoms with van der Waals surface area (Å²) < 4.78 is 29.3. The van der Waals surface area contributed by atoms with E-state index >= 15 is 0 Å². The van der Waals surface area contributed by atoms with E-state index in [4.69, 9.17) is 4.42 Å². The highest BCUT2D eigenvalue weighted by atomic mass is 32.2. The van der Waals surface area contributed by atoms with Crippen LogP contribution in [0, 0.1) is 6.92 Å². The SMILES string of the molecule is CNS(=O)(=O)Cc1ccc(C)o1. The summed E-state index contributed by atoms with van der Waals surface area (Å²) in [6.45, 7) is 1.77. The van der Waals surface area contributed by atoms with Gasteiger partial charge in [0, 0.05) is 0 Å². The van der Waals surface area contributed by atoms with Gasteiger partial charge in [-0.3, -0.25) is 0 Å². The first-order chi connectivity index (χ1) is 5.53. The van der Waals surface area contributed by atoms with Crippen LogP contribution in [0.15, 0.2) is 16.5 Å². The van der Waals surface area contributed by atoms with Gasteiger partial charge in [-0.05, 0) is 26.1 Å². The molecular formula is C7H11NO3S. The highest BCUT2D eigenvalue weighted by molar-refractivity contribution is 7.88. The van der Waals surface area contributed by atoms with Crippen LogP contribution in [0.4, 0.5) is 0 Å². The molecule has 0 unspecified atom stereocenters. The van der Waals surface area contributed by atoms with Gasteiger partial charge in [0.15, 0.2) is 0 Å². The van der Waals surface area contributed by atoms with Crippen molar-refractivity contribution in [2.45, 2.75) is 12.7 Å². The van der Waals surface area contributed by atoms with E-state index in [1.807, 2.05) is 0 Å². The van der Waals surface area contributed by atoms with E-state index in [2.05, 4.69) is 4.72 Å². The first-order valence-corrected chi connectivity index (χ1v) is 5.15. The van der Waals surface area contributed by atoms with Crippen LogP contribution in [-0.4, -0.2) is 15.5 Å². The molecule has 0 aromatic carbocycles. The van der Waals surface area contributed by atoms with Crippen molar-refractivity contribution in [3.05, 3.63) is 23.7 Å². The van der Waals surface area contributed by atoms with E-state index in [-0.39, 0.29) is 5.75 Å². The summed E-state index contributed by atoms with van der Waals surface area (Å²) in [5.41, 5.74) is 0. The fraction of sp³-hybridized carbons (Fsp3) is 0.429. The zero-order valence-corrected chi connectivity index (χ0v) is 7.81. The second kappa shape index (κ2) is 3.28. The van der Waals surface area contributed by atoms with Crippen LogP contribution in [-0.2, 0) is 15.8 Å². The lowest BCUT2D eigenvalue weighted by molar-refractivity contribution is 0.494. The molecule has 5 heteroatoms. The molecule has 0 spiro atoms. The molecule has 12 heavy (non-hydrogen) atoms. The minimum atomic E-state index is -3.20. The minimum Gasteiger partial charge on any atom is -0.465 e. The Labute approximate surface area is 71.6 Å². The van der Waals surface area contributed by atoms with Gasteiger partial charge in [-0.15, -0.1) is 0 Å². The van der Waals surface area contributed by atoms with Crippen LogP contribution >= 0.6 is 0 Å². The predicted molar refractivity (Wildman–Crippen MR) is 45.1 cm³/mol. The van der Waals surface area contributed by atoms with Crippen molar-refractivity contribution >= 4 is 10.0 Å². The van der Waals surface area contributed by atoms with Crippen LogP contribution < -0.4 is 4.72 Å². The highest BCUT2D eigenvalue weighted by Gasteiger charge is 2.10. The summed E-state index contributed by atoms with van der Waals surface area (Å²) in [5.74, 6) is 1.08. The van der Waals surface area contributed by atoms with Crippen LogP contribution in [0.5, 0.6) is 0 Å². The fourth-order valence-electron chi connectivity index (χ4n) is 0.822. The summed E-state index contributed by atoms with van der Waals surface area (Å²) in [6, 6.07) is 3.39. The van der Waals surface area contributed by atoms with Gasteiger partial charge < -0.3 is 4.42 Å². The lowest BCUT2D eigenvalue weighted by atomic mass is 10.5. The Morgan fingerprint density at radius 2 is 2.17 bits per heavy atom. The molecule has 1 rings (SSSR count). The molecule has 0 aliphatic rings. The topological polar surface area (TPSA) is 59.3 Å². The van der Waals surface area contributed by atoms with Crippen molar-refractivity contribution in [2.24, 2.45) is 0 Å². The zero-order valence-electron chi connectivity index (χ0n) is 6.99. The number of rotatable bonds is 3. The average molecular weight is 189 g/mol. The second-order valence-electron chi connectivity index (χ2n) is 2.48. The van der Waals surface area contributed by atoms with Crippen molar-refractivity contribution in [3.63, 3.8) is 0 Å². The van der Waals surface area contributed by atoms with Gasteiger partial charge in [-0.2, -0.15) is 0 Å². The Kier molecular flexibility index (Phi) is 2.54. The summed E-state index contributed by atoms with van der Waals surface area (Å²) >= 11 is 0. The molecule has 68 valence electrons. The number of hydrogen-bond donors (Lipinski definition) is 1. The van der Waals surface area contributed by atoms with Gasteiger partial charge in [-0.1, -0.05) is 0 Å². The Morgan fingerprint density at radius 1 is 1.50 bits per heavy atom. The Hall–Kier alpha value is -0.810. The third-order valence-electron chi connectivity index (χ3n) is 1.44. The number of furan rings is 1. The number of nitrogens with one attached hydrogen (secondary N) is 1. The lowest BCUT2D eigenvalue weighted by Gasteiger charge is -1.97.